The summed E-state index contributed by atoms with van der Waals surface area (Å²) in [7, 11) is 0. The minimum Gasteiger partial charge on any atom is -0.509 e. The Morgan fingerprint density at radius 1 is 0.710 bits per heavy atom. The zero-order chi connectivity index (χ0) is 41.4. The first-order chi connectivity index (χ1) is 29.7. The average molecular weight is 988 g/mol. The molecule has 0 spiro atoms. The Bertz CT molecular complexity index is 2940. The number of aromatic nitrogens is 2. The van der Waals surface area contributed by atoms with Crippen molar-refractivity contribution < 1.29 is 25.8 Å². The molecule has 7 heteroatoms. The van der Waals surface area contributed by atoms with Crippen molar-refractivity contribution in [1.29, 1.82) is 0 Å². The second kappa shape index (κ2) is 15.5. The van der Waals surface area contributed by atoms with Gasteiger partial charge >= 0.3 is 0 Å². The maximum absolute atomic E-state index is 6.86. The van der Waals surface area contributed by atoms with Crippen LogP contribution in [0.2, 0.25) is 0 Å². The number of hydrogen-bond acceptors (Lipinski definition) is 5. The molecule has 6 nitrogen and oxygen atoms in total. The number of ether oxygens (including phenoxy) is 1. The molecule has 8 aromatic rings. The average Bonchev–Trinajstić information content (AvgIpc) is 3.95. The summed E-state index contributed by atoms with van der Waals surface area (Å²) in [5.74, 6) is 2.16. The molecular formula is C55H46N5OPt-3. The third-order valence-corrected chi connectivity index (χ3v) is 12.3. The molecule has 0 amide bonds. The fourth-order valence-corrected chi connectivity index (χ4v) is 9.57. The predicted octanol–water partition coefficient (Wildman–Crippen LogP) is 14.1. The summed E-state index contributed by atoms with van der Waals surface area (Å²) in [5, 5.41) is 1.24. The van der Waals surface area contributed by atoms with Crippen molar-refractivity contribution in [2.75, 3.05) is 14.7 Å². The van der Waals surface area contributed by atoms with Gasteiger partial charge in [-0.1, -0.05) is 134 Å². The molecule has 1 aliphatic carbocycles. The van der Waals surface area contributed by atoms with Crippen molar-refractivity contribution in [1.82, 2.24) is 9.55 Å². The van der Waals surface area contributed by atoms with Crippen LogP contribution in [-0.2, 0) is 26.5 Å². The van der Waals surface area contributed by atoms with Crippen molar-refractivity contribution in [3.63, 3.8) is 0 Å². The van der Waals surface area contributed by atoms with Gasteiger partial charge in [-0.25, -0.2) is 4.98 Å². The van der Waals surface area contributed by atoms with E-state index in [1.165, 1.54) is 27.9 Å². The van der Waals surface area contributed by atoms with E-state index in [0.717, 1.165) is 62.8 Å². The van der Waals surface area contributed by atoms with Gasteiger partial charge in [-0.3, -0.25) is 0 Å². The predicted molar refractivity (Wildman–Crippen MR) is 250 cm³/mol. The summed E-state index contributed by atoms with van der Waals surface area (Å²) in [4.78, 5) is 12.0. The third-order valence-electron chi connectivity index (χ3n) is 12.3. The molecule has 62 heavy (non-hydrogen) atoms. The molecule has 0 N–H and O–H groups in total. The normalized spacial score (nSPS) is 15.1. The Morgan fingerprint density at radius 3 is 2.05 bits per heavy atom. The first-order valence-electron chi connectivity index (χ1n) is 21.3. The molecule has 0 radical (unpaired) electrons. The van der Waals surface area contributed by atoms with Crippen LogP contribution in [0, 0.1) is 18.8 Å². The Hall–Kier alpha value is -6.36. The minimum absolute atomic E-state index is 0. The first-order valence-corrected chi connectivity index (χ1v) is 21.3. The summed E-state index contributed by atoms with van der Waals surface area (Å²) < 4.78 is 9.15. The fraction of sp³-hybridized carbons (Fsp3) is 0.164. The molecular weight excluding hydrogens is 942 g/mol. The number of para-hydroxylation sites is 3. The summed E-state index contributed by atoms with van der Waals surface area (Å²) in [6.45, 7) is 13.5. The quantitative estimate of drug-likeness (QED) is 0.142. The van der Waals surface area contributed by atoms with Gasteiger partial charge in [0, 0.05) is 84.7 Å². The molecule has 1 unspecified atom stereocenters. The van der Waals surface area contributed by atoms with E-state index in [1.807, 2.05) is 18.3 Å². The van der Waals surface area contributed by atoms with Gasteiger partial charge in [0.25, 0.3) is 0 Å². The van der Waals surface area contributed by atoms with E-state index in [2.05, 4.69) is 212 Å². The largest absolute Gasteiger partial charge is 0.509 e. The molecule has 6 aromatic carbocycles. The van der Waals surface area contributed by atoms with E-state index >= 15 is 0 Å². The Morgan fingerprint density at radius 2 is 1.37 bits per heavy atom. The zero-order valence-electron chi connectivity index (χ0n) is 35.4. The number of nitrogens with zero attached hydrogens (tertiary/aromatic N) is 5. The van der Waals surface area contributed by atoms with E-state index in [4.69, 9.17) is 9.72 Å². The number of fused-ring (bicyclic) bond motifs is 1. The van der Waals surface area contributed by atoms with E-state index in [1.54, 1.807) is 0 Å². The number of rotatable bonds is 8. The van der Waals surface area contributed by atoms with Crippen LogP contribution >= 0.6 is 0 Å². The van der Waals surface area contributed by atoms with Crippen molar-refractivity contribution in [3.05, 3.63) is 187 Å². The molecule has 4 heterocycles. The molecule has 0 saturated carbocycles. The number of hydrogen-bond donors (Lipinski definition) is 0. The zero-order valence-corrected chi connectivity index (χ0v) is 37.7. The van der Waals surface area contributed by atoms with Gasteiger partial charge in [0.2, 0.25) is 0 Å². The molecule has 0 saturated heterocycles. The van der Waals surface area contributed by atoms with Crippen LogP contribution in [0.1, 0.15) is 63.9 Å². The molecule has 3 aliphatic rings. The molecule has 1 atom stereocenters. The second-order valence-corrected chi connectivity index (χ2v) is 17.5. The van der Waals surface area contributed by atoms with Gasteiger partial charge in [0.15, 0.2) is 0 Å². The van der Waals surface area contributed by atoms with Crippen molar-refractivity contribution in [2.24, 2.45) is 0 Å². The topological polar surface area (TPSA) is 36.8 Å². The van der Waals surface area contributed by atoms with Crippen LogP contribution in [0.15, 0.2) is 152 Å². The second-order valence-electron chi connectivity index (χ2n) is 17.5. The summed E-state index contributed by atoms with van der Waals surface area (Å²) >= 11 is 0. The third kappa shape index (κ3) is 6.55. The maximum Gasteiger partial charge on any atom is 0.135 e. The molecule has 2 aromatic heterocycles. The Balaban J connectivity index is 0.00000458. The molecule has 11 rings (SSSR count). The van der Waals surface area contributed by atoms with E-state index in [0.29, 0.717) is 17.5 Å². The van der Waals surface area contributed by atoms with Gasteiger partial charge < -0.3 is 24.0 Å². The van der Waals surface area contributed by atoms with Crippen LogP contribution in [0.3, 0.4) is 0 Å². The number of pyridine rings is 1. The summed E-state index contributed by atoms with van der Waals surface area (Å²) in [5.41, 5.74) is 14.7. The van der Waals surface area contributed by atoms with Crippen molar-refractivity contribution in [3.8, 4) is 39.6 Å². The van der Waals surface area contributed by atoms with E-state index < -0.39 is 0 Å². The van der Waals surface area contributed by atoms with Gasteiger partial charge in [0.1, 0.15) is 5.82 Å². The van der Waals surface area contributed by atoms with Crippen molar-refractivity contribution in [2.45, 2.75) is 58.5 Å². The molecule has 2 aliphatic heterocycles. The molecule has 0 bridgehead atoms. The molecule has 310 valence electrons. The Labute approximate surface area is 379 Å². The standard InChI is InChI=1S/C55H46N5O.Pt/c1-36(2)59-47-27-16-28-48-52(47)53-49(59)33-42(34-50(53)60(48)51-31-39(29-30-56-51)55(3,4)5)61-41-22-14-21-40(32-41)57-35-58(46-26-13-12-25-45(46)57)54-43(37-17-8-6-9-18-37)23-15-24-44(54)38-19-10-7-11-20-38;/h6-26,28-31,33,35-36,47H,27H2,1-5H3;/q-3;. The van der Waals surface area contributed by atoms with Gasteiger partial charge in [-0.2, -0.15) is 6.07 Å². The van der Waals surface area contributed by atoms with E-state index in [-0.39, 0.29) is 32.5 Å². The SMILES string of the molecule is CC(C)N1c2cc(Oc3[c-]c(N4[CH-]N(c5c(-c6ccccc6)cccc5-c5ccccc5)c5ccccc54)ccc3)[c-]c3c2c2c(n3-c3cc(C(C)(C)C)ccn3)C=CCC21.[Pt]. The van der Waals surface area contributed by atoms with Crippen LogP contribution in [0.4, 0.5) is 28.4 Å². The maximum atomic E-state index is 6.86. The van der Waals surface area contributed by atoms with E-state index in [9.17, 15) is 0 Å². The fourth-order valence-electron chi connectivity index (χ4n) is 9.57. The number of anilines is 5. The summed E-state index contributed by atoms with van der Waals surface area (Å²) in [6, 6.07) is 57.1. The first kappa shape index (κ1) is 39.8. The van der Waals surface area contributed by atoms with Crippen LogP contribution in [-0.4, -0.2) is 15.6 Å². The van der Waals surface area contributed by atoms with Gasteiger partial charge in [0.05, 0.1) is 0 Å². The smallest absolute Gasteiger partial charge is 0.135 e. The minimum atomic E-state index is -0.0195. The monoisotopic (exact) mass is 987 g/mol. The van der Waals surface area contributed by atoms with Crippen LogP contribution in [0.25, 0.3) is 45.1 Å². The van der Waals surface area contributed by atoms with Crippen LogP contribution in [0.5, 0.6) is 11.5 Å². The Kier molecular flexibility index (Phi) is 9.95. The summed E-state index contributed by atoms with van der Waals surface area (Å²) in [6.07, 6.45) is 7.46. The van der Waals surface area contributed by atoms with Gasteiger partial charge in [-0.05, 0) is 78.3 Å². The number of benzene rings is 6. The van der Waals surface area contributed by atoms with Crippen molar-refractivity contribution >= 4 is 45.4 Å². The molecule has 0 fully saturated rings. The van der Waals surface area contributed by atoms with Gasteiger partial charge in [-0.15, -0.1) is 42.7 Å². The van der Waals surface area contributed by atoms with Crippen LogP contribution < -0.4 is 19.4 Å².